The van der Waals surface area contributed by atoms with Gasteiger partial charge >= 0.3 is 0 Å². The maximum atomic E-state index is 12.1. The summed E-state index contributed by atoms with van der Waals surface area (Å²) in [6.07, 6.45) is 3.32. The second kappa shape index (κ2) is 6.84. The number of ketones is 1. The van der Waals surface area contributed by atoms with Crippen molar-refractivity contribution in [2.75, 3.05) is 14.2 Å². The van der Waals surface area contributed by atoms with Gasteiger partial charge in [0.05, 0.1) is 19.8 Å². The van der Waals surface area contributed by atoms with Gasteiger partial charge < -0.3 is 9.47 Å². The van der Waals surface area contributed by atoms with Crippen LogP contribution in [-0.4, -0.2) is 20.0 Å². The fraction of sp³-hybridized carbons (Fsp3) is 0.400. The zero-order valence-electron chi connectivity index (χ0n) is 11.4. The topological polar surface area (TPSA) is 35.5 Å². The average molecular weight is 248 g/mol. The van der Waals surface area contributed by atoms with Gasteiger partial charge in [0.2, 0.25) is 0 Å². The summed E-state index contributed by atoms with van der Waals surface area (Å²) in [6, 6.07) is 5.26. The minimum atomic E-state index is 0.0898. The number of carbonyl (C=O) groups excluding carboxylic acids is 1. The number of allylic oxidation sites excluding steroid dienone is 2. The summed E-state index contributed by atoms with van der Waals surface area (Å²) in [6.45, 7) is 4.05. The monoisotopic (exact) mass is 248 g/mol. The Balaban J connectivity index is 2.82. The van der Waals surface area contributed by atoms with E-state index >= 15 is 0 Å². The predicted octanol–water partition coefficient (Wildman–Crippen LogP) is 3.63. The molecule has 0 aliphatic rings. The van der Waals surface area contributed by atoms with Gasteiger partial charge in [-0.1, -0.05) is 11.6 Å². The number of ether oxygens (including phenoxy) is 2. The Morgan fingerprint density at radius 3 is 2.50 bits per heavy atom. The largest absolute Gasteiger partial charge is 0.497 e. The normalized spacial score (nSPS) is 9.78. The SMILES string of the molecule is COc1ccc(C(=O)CCC=C(C)C)c(OC)c1. The maximum absolute atomic E-state index is 12.1. The van der Waals surface area contributed by atoms with Crippen LogP contribution in [0.4, 0.5) is 0 Å². The summed E-state index contributed by atoms with van der Waals surface area (Å²) in [4.78, 5) is 12.1. The molecule has 0 heterocycles. The van der Waals surface area contributed by atoms with Crippen LogP contribution in [0.3, 0.4) is 0 Å². The van der Waals surface area contributed by atoms with E-state index in [1.54, 1.807) is 32.4 Å². The number of benzene rings is 1. The molecule has 0 amide bonds. The quantitative estimate of drug-likeness (QED) is 0.569. The number of rotatable bonds is 6. The molecule has 0 atom stereocenters. The molecular weight excluding hydrogens is 228 g/mol. The van der Waals surface area contributed by atoms with E-state index in [0.29, 0.717) is 23.5 Å². The highest BCUT2D eigenvalue weighted by Gasteiger charge is 2.12. The number of Topliss-reactive ketones (excluding diaryl/α,β-unsaturated/α-hetero) is 1. The van der Waals surface area contributed by atoms with Crippen molar-refractivity contribution in [2.45, 2.75) is 26.7 Å². The van der Waals surface area contributed by atoms with E-state index in [9.17, 15) is 4.79 Å². The van der Waals surface area contributed by atoms with Gasteiger partial charge in [0.1, 0.15) is 11.5 Å². The Kier molecular flexibility index (Phi) is 5.43. The van der Waals surface area contributed by atoms with E-state index in [1.165, 1.54) is 5.57 Å². The molecular formula is C15H20O3. The average Bonchev–Trinajstić information content (AvgIpc) is 2.37. The first-order valence-corrected chi connectivity index (χ1v) is 5.97. The number of methoxy groups -OCH3 is 2. The molecule has 0 aromatic heterocycles. The Morgan fingerprint density at radius 2 is 1.94 bits per heavy atom. The van der Waals surface area contributed by atoms with Crippen molar-refractivity contribution in [3.05, 3.63) is 35.4 Å². The van der Waals surface area contributed by atoms with Crippen molar-refractivity contribution < 1.29 is 14.3 Å². The molecule has 3 heteroatoms. The summed E-state index contributed by atoms with van der Waals surface area (Å²) in [5.74, 6) is 1.34. The third-order valence-corrected chi connectivity index (χ3v) is 2.63. The molecule has 1 rings (SSSR count). The van der Waals surface area contributed by atoms with Crippen LogP contribution >= 0.6 is 0 Å². The lowest BCUT2D eigenvalue weighted by molar-refractivity contribution is 0.0980. The summed E-state index contributed by atoms with van der Waals surface area (Å²) in [5, 5.41) is 0. The van der Waals surface area contributed by atoms with Crippen molar-refractivity contribution in [3.63, 3.8) is 0 Å². The minimum Gasteiger partial charge on any atom is -0.497 e. The second-order valence-electron chi connectivity index (χ2n) is 4.31. The molecule has 0 saturated heterocycles. The van der Waals surface area contributed by atoms with Gasteiger partial charge in [-0.3, -0.25) is 4.79 Å². The van der Waals surface area contributed by atoms with Gasteiger partial charge in [-0.2, -0.15) is 0 Å². The van der Waals surface area contributed by atoms with E-state index in [0.717, 1.165) is 6.42 Å². The minimum absolute atomic E-state index is 0.0898. The van der Waals surface area contributed by atoms with Crippen molar-refractivity contribution in [1.29, 1.82) is 0 Å². The Hall–Kier alpha value is -1.77. The summed E-state index contributed by atoms with van der Waals surface area (Å²) < 4.78 is 10.3. The lowest BCUT2D eigenvalue weighted by Crippen LogP contribution is -2.02. The fourth-order valence-corrected chi connectivity index (χ4v) is 1.66. The molecule has 0 fully saturated rings. The highest BCUT2D eigenvalue weighted by Crippen LogP contribution is 2.25. The number of carbonyl (C=O) groups is 1. The van der Waals surface area contributed by atoms with Crippen molar-refractivity contribution in [3.8, 4) is 11.5 Å². The molecule has 0 unspecified atom stereocenters. The number of hydrogen-bond donors (Lipinski definition) is 0. The third-order valence-electron chi connectivity index (χ3n) is 2.63. The zero-order chi connectivity index (χ0) is 13.5. The molecule has 98 valence electrons. The van der Waals surface area contributed by atoms with Crippen LogP contribution < -0.4 is 9.47 Å². The molecule has 0 aliphatic heterocycles. The third kappa shape index (κ3) is 3.91. The summed E-state index contributed by atoms with van der Waals surface area (Å²) in [5.41, 5.74) is 1.84. The van der Waals surface area contributed by atoms with E-state index < -0.39 is 0 Å². The van der Waals surface area contributed by atoms with Gasteiger partial charge in [0, 0.05) is 12.5 Å². The van der Waals surface area contributed by atoms with Gasteiger partial charge in [0.15, 0.2) is 5.78 Å². The molecule has 0 N–H and O–H groups in total. The number of hydrogen-bond acceptors (Lipinski definition) is 3. The van der Waals surface area contributed by atoms with Crippen LogP contribution in [0.25, 0.3) is 0 Å². The fourth-order valence-electron chi connectivity index (χ4n) is 1.66. The van der Waals surface area contributed by atoms with E-state index in [2.05, 4.69) is 6.08 Å². The smallest absolute Gasteiger partial charge is 0.166 e. The summed E-state index contributed by atoms with van der Waals surface area (Å²) in [7, 11) is 3.15. The Labute approximate surface area is 108 Å². The van der Waals surface area contributed by atoms with Crippen LogP contribution in [0, 0.1) is 0 Å². The molecule has 1 aromatic carbocycles. The maximum Gasteiger partial charge on any atom is 0.166 e. The standard InChI is InChI=1S/C15H20O3/c1-11(2)6-5-7-14(16)13-9-8-12(17-3)10-15(13)18-4/h6,8-10H,5,7H2,1-4H3. The highest BCUT2D eigenvalue weighted by molar-refractivity contribution is 5.98. The van der Waals surface area contributed by atoms with Crippen LogP contribution in [0.5, 0.6) is 11.5 Å². The first-order chi connectivity index (χ1) is 8.58. The van der Waals surface area contributed by atoms with Crippen LogP contribution in [0.15, 0.2) is 29.8 Å². The second-order valence-corrected chi connectivity index (χ2v) is 4.31. The van der Waals surface area contributed by atoms with E-state index in [-0.39, 0.29) is 5.78 Å². The molecule has 0 saturated carbocycles. The Bertz CT molecular complexity index is 443. The molecule has 18 heavy (non-hydrogen) atoms. The van der Waals surface area contributed by atoms with E-state index in [4.69, 9.17) is 9.47 Å². The van der Waals surface area contributed by atoms with Gasteiger partial charge in [-0.25, -0.2) is 0 Å². The van der Waals surface area contributed by atoms with Crippen molar-refractivity contribution in [2.24, 2.45) is 0 Å². The summed E-state index contributed by atoms with van der Waals surface area (Å²) >= 11 is 0. The van der Waals surface area contributed by atoms with Gasteiger partial charge in [-0.15, -0.1) is 0 Å². The molecule has 3 nitrogen and oxygen atoms in total. The highest BCUT2D eigenvalue weighted by atomic mass is 16.5. The molecule has 0 bridgehead atoms. The zero-order valence-corrected chi connectivity index (χ0v) is 11.4. The van der Waals surface area contributed by atoms with Crippen molar-refractivity contribution >= 4 is 5.78 Å². The first-order valence-electron chi connectivity index (χ1n) is 5.97. The Morgan fingerprint density at radius 1 is 1.22 bits per heavy atom. The van der Waals surface area contributed by atoms with Crippen LogP contribution in [0.2, 0.25) is 0 Å². The van der Waals surface area contributed by atoms with Gasteiger partial charge in [0.25, 0.3) is 0 Å². The lowest BCUT2D eigenvalue weighted by Gasteiger charge is -2.09. The first kappa shape index (κ1) is 14.3. The van der Waals surface area contributed by atoms with Crippen LogP contribution in [0.1, 0.15) is 37.0 Å². The van der Waals surface area contributed by atoms with Crippen LogP contribution in [-0.2, 0) is 0 Å². The van der Waals surface area contributed by atoms with E-state index in [1.807, 2.05) is 13.8 Å². The van der Waals surface area contributed by atoms with Crippen molar-refractivity contribution in [1.82, 2.24) is 0 Å². The predicted molar refractivity (Wildman–Crippen MR) is 72.5 cm³/mol. The molecule has 0 aliphatic carbocycles. The molecule has 0 radical (unpaired) electrons. The lowest BCUT2D eigenvalue weighted by atomic mass is 10.0. The molecule has 1 aromatic rings. The molecule has 0 spiro atoms. The van der Waals surface area contributed by atoms with Gasteiger partial charge in [-0.05, 0) is 32.4 Å².